The Morgan fingerprint density at radius 1 is 1.46 bits per heavy atom. The number of benzene rings is 1. The van der Waals surface area contributed by atoms with E-state index in [4.69, 9.17) is 11.6 Å². The maximum atomic E-state index is 15.3. The molecule has 0 saturated carbocycles. The van der Waals surface area contributed by atoms with Crippen LogP contribution < -0.4 is 5.32 Å². The number of aromatic nitrogens is 1. The minimum Gasteiger partial charge on any atom is -0.387 e. The molecule has 2 aromatic rings. The molecular weight excluding hydrogens is 338 g/mol. The summed E-state index contributed by atoms with van der Waals surface area (Å²) in [6, 6.07) is 7.09. The molecule has 0 bridgehead atoms. The van der Waals surface area contributed by atoms with Crippen molar-refractivity contribution in [3.63, 3.8) is 0 Å². The number of rotatable bonds is 3. The van der Waals surface area contributed by atoms with Gasteiger partial charge in [0, 0.05) is 18.3 Å². The number of pyridine rings is 1. The number of aliphatic hydroxyl groups is 1. The van der Waals surface area contributed by atoms with Crippen molar-refractivity contribution in [3.05, 3.63) is 64.2 Å². The van der Waals surface area contributed by atoms with E-state index < -0.39 is 23.5 Å². The van der Waals surface area contributed by atoms with Crippen molar-refractivity contribution in [2.75, 3.05) is 0 Å². The smallest absolute Gasteiger partial charge is 0.262 e. The molecule has 7 heteroatoms. The Balaban J connectivity index is 1.79. The molecule has 2 N–H and O–H groups in total. The Bertz CT molecular complexity index is 787. The summed E-state index contributed by atoms with van der Waals surface area (Å²) >= 11 is 5.60. The van der Waals surface area contributed by atoms with Crippen molar-refractivity contribution in [2.45, 2.75) is 31.2 Å². The fraction of sp³-hybridized carbons (Fsp3) is 0.294. The van der Waals surface area contributed by atoms with Gasteiger partial charge in [-0.25, -0.2) is 8.78 Å². The van der Waals surface area contributed by atoms with E-state index in [1.165, 1.54) is 30.5 Å². The van der Waals surface area contributed by atoms with E-state index >= 15 is 4.39 Å². The average molecular weight is 353 g/mol. The lowest BCUT2D eigenvalue weighted by Crippen LogP contribution is -2.44. The number of hydrogen-bond donors (Lipinski definition) is 2. The summed E-state index contributed by atoms with van der Waals surface area (Å²) < 4.78 is 28.7. The number of halogens is 3. The molecule has 1 aromatic carbocycles. The van der Waals surface area contributed by atoms with Gasteiger partial charge in [-0.3, -0.25) is 9.78 Å². The Morgan fingerprint density at radius 3 is 3.00 bits per heavy atom. The maximum absolute atomic E-state index is 15.3. The zero-order valence-electron chi connectivity index (χ0n) is 12.6. The second-order valence-corrected chi connectivity index (χ2v) is 6.13. The van der Waals surface area contributed by atoms with Gasteiger partial charge in [-0.05, 0) is 36.6 Å². The fourth-order valence-corrected chi connectivity index (χ4v) is 2.95. The quantitative estimate of drug-likeness (QED) is 0.891. The monoisotopic (exact) mass is 352 g/mol. The van der Waals surface area contributed by atoms with Crippen molar-refractivity contribution in [3.8, 4) is 0 Å². The number of hydrogen-bond acceptors (Lipinski definition) is 3. The molecule has 1 aliphatic rings. The first-order valence-corrected chi connectivity index (χ1v) is 7.84. The number of amides is 1. The number of nitrogens with one attached hydrogen (secondary N) is 1. The largest absolute Gasteiger partial charge is 0.387 e. The van der Waals surface area contributed by atoms with Gasteiger partial charge in [0.2, 0.25) is 5.67 Å². The molecule has 0 radical (unpaired) electrons. The number of fused-ring (bicyclic) bond motifs is 1. The zero-order valence-corrected chi connectivity index (χ0v) is 13.4. The van der Waals surface area contributed by atoms with Gasteiger partial charge in [-0.15, -0.1) is 0 Å². The first kappa shape index (κ1) is 16.8. The third kappa shape index (κ3) is 2.99. The summed E-state index contributed by atoms with van der Waals surface area (Å²) in [6.07, 6.45) is 0.516. The van der Waals surface area contributed by atoms with Crippen LogP contribution in [0.25, 0.3) is 0 Å². The molecule has 0 fully saturated rings. The van der Waals surface area contributed by atoms with Crippen LogP contribution in [0.1, 0.15) is 35.8 Å². The molecule has 0 unspecified atom stereocenters. The second kappa shape index (κ2) is 6.45. The molecule has 4 nitrogen and oxygen atoms in total. The Labute approximate surface area is 142 Å². The number of aliphatic hydroxyl groups excluding tert-OH is 1. The molecule has 1 aromatic heterocycles. The highest BCUT2D eigenvalue weighted by atomic mass is 35.5. The van der Waals surface area contributed by atoms with Gasteiger partial charge in [0.05, 0.1) is 16.8 Å². The maximum Gasteiger partial charge on any atom is 0.262 e. The first-order valence-electron chi connectivity index (χ1n) is 7.46. The number of nitrogens with zero attached hydrogens (tertiary/aromatic N) is 1. The van der Waals surface area contributed by atoms with Crippen molar-refractivity contribution in [2.24, 2.45) is 0 Å². The minimum absolute atomic E-state index is 0.0201. The first-order chi connectivity index (χ1) is 11.4. The van der Waals surface area contributed by atoms with Crippen LogP contribution in [-0.2, 0) is 17.0 Å². The Kier molecular flexibility index (Phi) is 4.51. The lowest BCUT2D eigenvalue weighted by atomic mass is 9.81. The second-order valence-electron chi connectivity index (χ2n) is 5.72. The van der Waals surface area contributed by atoms with E-state index in [2.05, 4.69) is 10.3 Å². The van der Waals surface area contributed by atoms with Crippen molar-refractivity contribution < 1.29 is 18.7 Å². The lowest BCUT2D eigenvalue weighted by Gasteiger charge is -2.32. The van der Waals surface area contributed by atoms with Crippen LogP contribution in [0.2, 0.25) is 5.02 Å². The highest BCUT2D eigenvalue weighted by molar-refractivity contribution is 6.30. The molecule has 24 heavy (non-hydrogen) atoms. The number of carbonyl (C=O) groups excluding carboxylic acids is 1. The van der Waals surface area contributed by atoms with Gasteiger partial charge in [0.15, 0.2) is 0 Å². The van der Waals surface area contributed by atoms with Crippen LogP contribution in [0.15, 0.2) is 36.5 Å². The van der Waals surface area contributed by atoms with E-state index in [1.54, 1.807) is 6.07 Å². The molecule has 0 saturated heterocycles. The topological polar surface area (TPSA) is 62.2 Å². The number of carbonyl (C=O) groups is 1. The zero-order chi connectivity index (χ0) is 17.3. The summed E-state index contributed by atoms with van der Waals surface area (Å²) in [5, 5.41) is 12.4. The molecule has 1 aliphatic carbocycles. The molecular formula is C17H15ClF2N2O2. The number of alkyl halides is 1. The van der Waals surface area contributed by atoms with Crippen molar-refractivity contribution in [1.29, 1.82) is 0 Å². The predicted octanol–water partition coefficient (Wildman–Crippen LogP) is 3.18. The highest BCUT2D eigenvalue weighted by Gasteiger charge is 2.46. The lowest BCUT2D eigenvalue weighted by molar-refractivity contribution is -0.135. The Morgan fingerprint density at radius 2 is 2.25 bits per heavy atom. The van der Waals surface area contributed by atoms with Gasteiger partial charge in [-0.1, -0.05) is 23.7 Å². The van der Waals surface area contributed by atoms with E-state index in [0.717, 1.165) is 0 Å². The Hall–Kier alpha value is -2.05. The molecule has 1 heterocycles. The molecule has 126 valence electrons. The van der Waals surface area contributed by atoms with Crippen LogP contribution in [0.4, 0.5) is 8.78 Å². The highest BCUT2D eigenvalue weighted by Crippen LogP contribution is 2.42. The van der Waals surface area contributed by atoms with Crippen molar-refractivity contribution in [1.82, 2.24) is 10.3 Å². The summed E-state index contributed by atoms with van der Waals surface area (Å²) in [5.74, 6) is -1.44. The van der Waals surface area contributed by atoms with E-state index in [0.29, 0.717) is 5.56 Å². The molecule has 3 rings (SSSR count). The minimum atomic E-state index is -2.27. The summed E-state index contributed by atoms with van der Waals surface area (Å²) in [5.41, 5.74) is -1.55. The van der Waals surface area contributed by atoms with Crippen LogP contribution in [0, 0.1) is 5.82 Å². The van der Waals surface area contributed by atoms with Gasteiger partial charge in [0.25, 0.3) is 5.91 Å². The van der Waals surface area contributed by atoms with Gasteiger partial charge in [0.1, 0.15) is 5.82 Å². The third-order valence-corrected chi connectivity index (χ3v) is 4.45. The molecule has 0 spiro atoms. The van der Waals surface area contributed by atoms with Crippen LogP contribution in [-0.4, -0.2) is 16.0 Å². The SMILES string of the molecule is O=C(NCc1ccc(Cl)c(F)c1)[C@]1(F)CC[C@H](O)c2ncccc21. The average Bonchev–Trinajstić information content (AvgIpc) is 2.59. The summed E-state index contributed by atoms with van der Waals surface area (Å²) in [6.45, 7) is -0.0310. The van der Waals surface area contributed by atoms with Gasteiger partial charge >= 0.3 is 0 Å². The molecule has 1 amide bonds. The molecule has 0 aliphatic heterocycles. The normalized spacial score (nSPS) is 22.8. The molecule has 2 atom stereocenters. The third-order valence-electron chi connectivity index (χ3n) is 4.14. The summed E-state index contributed by atoms with van der Waals surface area (Å²) in [4.78, 5) is 16.4. The fourth-order valence-electron chi connectivity index (χ4n) is 2.83. The predicted molar refractivity (Wildman–Crippen MR) is 84.5 cm³/mol. The van der Waals surface area contributed by atoms with Crippen LogP contribution in [0.3, 0.4) is 0 Å². The van der Waals surface area contributed by atoms with E-state index in [1.807, 2.05) is 0 Å². The van der Waals surface area contributed by atoms with Gasteiger partial charge in [-0.2, -0.15) is 0 Å². The van der Waals surface area contributed by atoms with Crippen LogP contribution >= 0.6 is 11.6 Å². The standard InChI is InChI=1S/C17H15ClF2N2O2/c18-12-4-3-10(8-13(12)19)9-22-16(24)17(20)6-5-14(23)15-11(17)2-1-7-21-15/h1-4,7-8,14,23H,5-6,9H2,(H,22,24)/t14-,17-/m0/s1. The van der Waals surface area contributed by atoms with Crippen molar-refractivity contribution >= 4 is 17.5 Å². The summed E-state index contributed by atoms with van der Waals surface area (Å²) in [7, 11) is 0. The van der Waals surface area contributed by atoms with E-state index in [-0.39, 0.29) is 35.7 Å². The van der Waals surface area contributed by atoms with Gasteiger partial charge < -0.3 is 10.4 Å². The van der Waals surface area contributed by atoms with Crippen LogP contribution in [0.5, 0.6) is 0 Å². The van der Waals surface area contributed by atoms with E-state index in [9.17, 15) is 14.3 Å².